The van der Waals surface area contributed by atoms with Gasteiger partial charge in [0.1, 0.15) is 10.6 Å². The highest BCUT2D eigenvalue weighted by Crippen LogP contribution is 2.38. The van der Waals surface area contributed by atoms with Crippen LogP contribution in [0.2, 0.25) is 0 Å². The first-order valence-corrected chi connectivity index (χ1v) is 8.77. The van der Waals surface area contributed by atoms with Crippen LogP contribution < -0.4 is 11.1 Å². The van der Waals surface area contributed by atoms with E-state index in [2.05, 4.69) is 28.4 Å². The van der Waals surface area contributed by atoms with Crippen LogP contribution in [0.3, 0.4) is 0 Å². The van der Waals surface area contributed by atoms with E-state index in [1.54, 1.807) is 23.5 Å². The summed E-state index contributed by atoms with van der Waals surface area (Å²) >= 11 is 1.60. The van der Waals surface area contributed by atoms with Gasteiger partial charge in [-0.3, -0.25) is 4.68 Å². The maximum Gasteiger partial charge on any atom is 0.166 e. The van der Waals surface area contributed by atoms with E-state index < -0.39 is 0 Å². The molecule has 4 aromatic rings. The Kier molecular flexibility index (Phi) is 3.61. The fourth-order valence-electron chi connectivity index (χ4n) is 3.16. The van der Waals surface area contributed by atoms with Gasteiger partial charge in [0, 0.05) is 35.9 Å². The molecule has 7 heteroatoms. The summed E-state index contributed by atoms with van der Waals surface area (Å²) in [7, 11) is 1.92. The number of hydrogen-bond donors (Lipinski definition) is 2. The SMILES string of the molecule is Cc1cc(C)c2c(n1)sc1c(NCc3cc(N)ccc3F)nn(C)c12. The minimum atomic E-state index is -0.279. The second-order valence-corrected chi connectivity index (χ2v) is 7.22. The molecule has 3 N–H and O–H groups in total. The highest BCUT2D eigenvalue weighted by molar-refractivity contribution is 7.26. The van der Waals surface area contributed by atoms with Crippen LogP contribution >= 0.6 is 11.3 Å². The lowest BCUT2D eigenvalue weighted by Gasteiger charge is -2.06. The first-order valence-electron chi connectivity index (χ1n) is 7.95. The quantitative estimate of drug-likeness (QED) is 0.542. The van der Waals surface area contributed by atoms with Gasteiger partial charge in [-0.05, 0) is 43.7 Å². The zero-order valence-electron chi connectivity index (χ0n) is 14.2. The number of benzene rings is 1. The van der Waals surface area contributed by atoms with Gasteiger partial charge >= 0.3 is 0 Å². The van der Waals surface area contributed by atoms with Crippen molar-refractivity contribution in [3.05, 3.63) is 46.9 Å². The molecule has 0 aliphatic heterocycles. The number of fused-ring (bicyclic) bond motifs is 3. The molecule has 0 aliphatic rings. The molecular formula is C18H18FN5S. The van der Waals surface area contributed by atoms with Gasteiger partial charge in [-0.15, -0.1) is 11.3 Å². The fraction of sp³-hybridized carbons (Fsp3) is 0.222. The summed E-state index contributed by atoms with van der Waals surface area (Å²) in [6.07, 6.45) is 0. The number of nitrogens with one attached hydrogen (secondary N) is 1. The molecule has 4 rings (SSSR count). The second-order valence-electron chi connectivity index (χ2n) is 6.22. The number of anilines is 2. The van der Waals surface area contributed by atoms with Crippen molar-refractivity contribution in [3.63, 3.8) is 0 Å². The number of pyridine rings is 1. The third-order valence-corrected chi connectivity index (χ3v) is 5.35. The van der Waals surface area contributed by atoms with Crippen LogP contribution in [0.4, 0.5) is 15.9 Å². The molecule has 0 aliphatic carbocycles. The molecule has 0 fully saturated rings. The Balaban J connectivity index is 1.78. The molecule has 0 spiro atoms. The largest absolute Gasteiger partial charge is 0.399 e. The molecule has 3 heterocycles. The molecule has 0 atom stereocenters. The average Bonchev–Trinajstić information content (AvgIpc) is 3.06. The number of aryl methyl sites for hydroxylation is 3. The van der Waals surface area contributed by atoms with E-state index in [-0.39, 0.29) is 5.82 Å². The molecule has 128 valence electrons. The summed E-state index contributed by atoms with van der Waals surface area (Å²) in [6, 6.07) is 6.66. The molecule has 0 unspecified atom stereocenters. The molecule has 0 bridgehead atoms. The summed E-state index contributed by atoms with van der Waals surface area (Å²) in [5.74, 6) is 0.456. The van der Waals surface area contributed by atoms with Crippen LogP contribution in [0.5, 0.6) is 0 Å². The normalized spacial score (nSPS) is 11.5. The number of hydrogen-bond acceptors (Lipinski definition) is 5. The first-order chi connectivity index (χ1) is 11.9. The minimum absolute atomic E-state index is 0.279. The van der Waals surface area contributed by atoms with Crippen molar-refractivity contribution in [2.75, 3.05) is 11.1 Å². The summed E-state index contributed by atoms with van der Waals surface area (Å²) in [6.45, 7) is 4.41. The number of nitrogens with two attached hydrogens (primary N) is 1. The Morgan fingerprint density at radius 3 is 2.88 bits per heavy atom. The van der Waals surface area contributed by atoms with Crippen molar-refractivity contribution in [1.82, 2.24) is 14.8 Å². The highest BCUT2D eigenvalue weighted by atomic mass is 32.1. The van der Waals surface area contributed by atoms with Gasteiger partial charge in [0.05, 0.1) is 10.2 Å². The van der Waals surface area contributed by atoms with Crippen molar-refractivity contribution < 1.29 is 4.39 Å². The second kappa shape index (κ2) is 5.70. The minimum Gasteiger partial charge on any atom is -0.399 e. The molecule has 1 aromatic carbocycles. The predicted octanol–water partition coefficient (Wildman–Crippen LogP) is 4.13. The van der Waals surface area contributed by atoms with E-state index in [0.29, 0.717) is 17.8 Å². The summed E-state index contributed by atoms with van der Waals surface area (Å²) in [5, 5.41) is 8.94. The monoisotopic (exact) mass is 355 g/mol. The van der Waals surface area contributed by atoms with Gasteiger partial charge < -0.3 is 11.1 Å². The number of rotatable bonds is 3. The number of halogens is 1. The predicted molar refractivity (Wildman–Crippen MR) is 102 cm³/mol. The van der Waals surface area contributed by atoms with Crippen LogP contribution in [0.1, 0.15) is 16.8 Å². The molecule has 0 saturated heterocycles. The van der Waals surface area contributed by atoms with Gasteiger partial charge in [-0.2, -0.15) is 5.10 Å². The Morgan fingerprint density at radius 2 is 2.08 bits per heavy atom. The summed E-state index contributed by atoms with van der Waals surface area (Å²) < 4.78 is 16.8. The standard InChI is InChI=1S/C18H18FN5S/c1-9-6-10(2)22-18-14(9)15-16(25-18)17(23-24(15)3)21-8-11-7-12(20)4-5-13(11)19/h4-7H,8,20H2,1-3H3,(H,21,23). The van der Waals surface area contributed by atoms with Crippen LogP contribution in [0.15, 0.2) is 24.3 Å². The van der Waals surface area contributed by atoms with Crippen LogP contribution in [0.25, 0.3) is 20.4 Å². The molecule has 0 amide bonds. The first kappa shape index (κ1) is 15.8. The smallest absolute Gasteiger partial charge is 0.166 e. The Hall–Kier alpha value is -2.67. The summed E-state index contributed by atoms with van der Waals surface area (Å²) in [4.78, 5) is 5.64. The van der Waals surface area contributed by atoms with E-state index in [1.807, 2.05) is 18.7 Å². The maximum atomic E-state index is 13.9. The third-order valence-electron chi connectivity index (χ3n) is 4.27. The molecule has 3 aromatic heterocycles. The van der Waals surface area contributed by atoms with E-state index in [4.69, 9.17) is 5.73 Å². The number of nitrogen functional groups attached to an aromatic ring is 1. The van der Waals surface area contributed by atoms with E-state index in [0.717, 1.165) is 31.9 Å². The van der Waals surface area contributed by atoms with E-state index >= 15 is 0 Å². The van der Waals surface area contributed by atoms with Crippen molar-refractivity contribution in [2.24, 2.45) is 7.05 Å². The van der Waals surface area contributed by atoms with Gasteiger partial charge in [0.25, 0.3) is 0 Å². The molecule has 0 radical (unpaired) electrons. The number of thiophene rings is 1. The maximum absolute atomic E-state index is 13.9. The zero-order valence-corrected chi connectivity index (χ0v) is 15.0. The topological polar surface area (TPSA) is 68.8 Å². The van der Waals surface area contributed by atoms with Gasteiger partial charge in [0.2, 0.25) is 0 Å². The van der Waals surface area contributed by atoms with Gasteiger partial charge in [-0.1, -0.05) is 0 Å². The van der Waals surface area contributed by atoms with Crippen molar-refractivity contribution in [2.45, 2.75) is 20.4 Å². The van der Waals surface area contributed by atoms with Crippen molar-refractivity contribution in [1.29, 1.82) is 0 Å². The van der Waals surface area contributed by atoms with E-state index in [1.165, 1.54) is 11.6 Å². The lowest BCUT2D eigenvalue weighted by atomic mass is 10.1. The zero-order chi connectivity index (χ0) is 17.7. The lowest BCUT2D eigenvalue weighted by Crippen LogP contribution is -2.04. The number of nitrogens with zero attached hydrogens (tertiary/aromatic N) is 3. The van der Waals surface area contributed by atoms with Crippen LogP contribution in [-0.4, -0.2) is 14.8 Å². The van der Waals surface area contributed by atoms with Crippen molar-refractivity contribution >= 4 is 43.3 Å². The Bertz CT molecular complexity index is 1110. The Morgan fingerprint density at radius 1 is 1.28 bits per heavy atom. The Labute approximate surface area is 148 Å². The van der Waals surface area contributed by atoms with Gasteiger partial charge in [-0.25, -0.2) is 9.37 Å². The van der Waals surface area contributed by atoms with Gasteiger partial charge in [0.15, 0.2) is 5.82 Å². The van der Waals surface area contributed by atoms with Crippen LogP contribution in [-0.2, 0) is 13.6 Å². The van der Waals surface area contributed by atoms with Crippen molar-refractivity contribution in [3.8, 4) is 0 Å². The molecular weight excluding hydrogens is 337 g/mol. The average molecular weight is 355 g/mol. The number of aromatic nitrogens is 3. The molecule has 0 saturated carbocycles. The lowest BCUT2D eigenvalue weighted by molar-refractivity contribution is 0.613. The summed E-state index contributed by atoms with van der Waals surface area (Å²) in [5.41, 5.74) is 10.1. The third kappa shape index (κ3) is 2.60. The fourth-order valence-corrected chi connectivity index (χ4v) is 4.45. The highest BCUT2D eigenvalue weighted by Gasteiger charge is 2.18. The van der Waals surface area contributed by atoms with Crippen LogP contribution in [0, 0.1) is 19.7 Å². The molecule has 25 heavy (non-hydrogen) atoms. The van der Waals surface area contributed by atoms with E-state index in [9.17, 15) is 4.39 Å². The molecule has 5 nitrogen and oxygen atoms in total.